The predicted molar refractivity (Wildman–Crippen MR) is 72.3 cm³/mol. The summed E-state index contributed by atoms with van der Waals surface area (Å²) in [6.45, 7) is 3.85. The van der Waals surface area contributed by atoms with Gasteiger partial charge in [-0.15, -0.1) is 0 Å². The molecule has 0 saturated heterocycles. The Balaban J connectivity index is 2.20. The van der Waals surface area contributed by atoms with Gasteiger partial charge >= 0.3 is 0 Å². The van der Waals surface area contributed by atoms with Crippen molar-refractivity contribution in [2.45, 2.75) is 13.8 Å². The molecule has 0 atom stereocenters. The Morgan fingerprint density at radius 3 is 2.79 bits per heavy atom. The van der Waals surface area contributed by atoms with Crippen LogP contribution < -0.4 is 0 Å². The van der Waals surface area contributed by atoms with E-state index in [2.05, 4.69) is 9.97 Å². The van der Waals surface area contributed by atoms with E-state index in [1.54, 1.807) is 18.3 Å². The molecule has 4 heteroatoms. The molecule has 0 radical (unpaired) electrons. The highest BCUT2D eigenvalue weighted by molar-refractivity contribution is 6.07. The number of imidazole rings is 1. The first-order valence-electron chi connectivity index (χ1n) is 6.08. The summed E-state index contributed by atoms with van der Waals surface area (Å²) in [6, 6.07) is 9.24. The van der Waals surface area contributed by atoms with Gasteiger partial charge in [0, 0.05) is 12.4 Å². The SMILES string of the molecule is Cc1ccn2c(C(=O)c3ccccn3)c(C)nc2c1. The number of pyridine rings is 2. The molecule has 0 aromatic carbocycles. The molecular weight excluding hydrogens is 238 g/mol. The van der Waals surface area contributed by atoms with Gasteiger partial charge in [0.25, 0.3) is 0 Å². The van der Waals surface area contributed by atoms with Crippen molar-refractivity contribution in [1.29, 1.82) is 0 Å². The van der Waals surface area contributed by atoms with Crippen molar-refractivity contribution in [1.82, 2.24) is 14.4 Å². The fourth-order valence-electron chi connectivity index (χ4n) is 2.16. The van der Waals surface area contributed by atoms with E-state index in [0.29, 0.717) is 11.4 Å². The van der Waals surface area contributed by atoms with Crippen LogP contribution in [-0.2, 0) is 0 Å². The maximum atomic E-state index is 12.5. The van der Waals surface area contributed by atoms with Crippen molar-refractivity contribution in [3.8, 4) is 0 Å². The van der Waals surface area contributed by atoms with Crippen LogP contribution in [0.3, 0.4) is 0 Å². The van der Waals surface area contributed by atoms with Gasteiger partial charge in [-0.2, -0.15) is 0 Å². The monoisotopic (exact) mass is 251 g/mol. The molecule has 3 rings (SSSR count). The van der Waals surface area contributed by atoms with E-state index in [4.69, 9.17) is 0 Å². The summed E-state index contributed by atoms with van der Waals surface area (Å²) in [5, 5.41) is 0. The minimum atomic E-state index is -0.102. The number of fused-ring (bicyclic) bond motifs is 1. The number of rotatable bonds is 2. The predicted octanol–water partition coefficient (Wildman–Crippen LogP) is 2.58. The molecule has 0 unspecified atom stereocenters. The van der Waals surface area contributed by atoms with Gasteiger partial charge in [-0.3, -0.25) is 14.2 Å². The smallest absolute Gasteiger partial charge is 0.229 e. The average Bonchev–Trinajstić information content (AvgIpc) is 2.74. The molecule has 94 valence electrons. The van der Waals surface area contributed by atoms with E-state index < -0.39 is 0 Å². The lowest BCUT2D eigenvalue weighted by molar-refractivity contribution is 0.102. The number of nitrogens with zero attached hydrogens (tertiary/aromatic N) is 3. The van der Waals surface area contributed by atoms with Crippen LogP contribution in [-0.4, -0.2) is 20.2 Å². The number of hydrogen-bond acceptors (Lipinski definition) is 3. The minimum absolute atomic E-state index is 0.102. The first kappa shape index (κ1) is 11.6. The van der Waals surface area contributed by atoms with Gasteiger partial charge in [-0.25, -0.2) is 4.98 Å². The quantitative estimate of drug-likeness (QED) is 0.658. The van der Waals surface area contributed by atoms with Crippen LogP contribution in [0.4, 0.5) is 0 Å². The van der Waals surface area contributed by atoms with Crippen LogP contribution >= 0.6 is 0 Å². The minimum Gasteiger partial charge on any atom is -0.296 e. The third kappa shape index (κ3) is 1.91. The zero-order chi connectivity index (χ0) is 13.4. The Hall–Kier alpha value is -2.49. The topological polar surface area (TPSA) is 47.3 Å². The maximum Gasteiger partial charge on any atom is 0.229 e. The Bertz CT molecular complexity index is 760. The van der Waals surface area contributed by atoms with E-state index in [9.17, 15) is 4.79 Å². The summed E-state index contributed by atoms with van der Waals surface area (Å²) < 4.78 is 1.82. The van der Waals surface area contributed by atoms with Crippen LogP contribution in [0.25, 0.3) is 5.65 Å². The summed E-state index contributed by atoms with van der Waals surface area (Å²) >= 11 is 0. The lowest BCUT2D eigenvalue weighted by atomic mass is 10.1. The first-order valence-corrected chi connectivity index (χ1v) is 6.08. The normalized spacial score (nSPS) is 10.8. The fraction of sp³-hybridized carbons (Fsp3) is 0.133. The highest BCUT2D eigenvalue weighted by Crippen LogP contribution is 2.16. The summed E-state index contributed by atoms with van der Waals surface area (Å²) in [6.07, 6.45) is 3.50. The molecule has 0 fully saturated rings. The lowest BCUT2D eigenvalue weighted by Gasteiger charge is -2.02. The molecule has 3 aromatic rings. The van der Waals surface area contributed by atoms with Crippen molar-refractivity contribution in [2.75, 3.05) is 0 Å². The molecule has 19 heavy (non-hydrogen) atoms. The van der Waals surface area contributed by atoms with E-state index in [1.807, 2.05) is 42.6 Å². The zero-order valence-corrected chi connectivity index (χ0v) is 10.8. The summed E-state index contributed by atoms with van der Waals surface area (Å²) in [4.78, 5) is 21.0. The van der Waals surface area contributed by atoms with Crippen molar-refractivity contribution >= 4 is 11.4 Å². The second-order valence-corrected chi connectivity index (χ2v) is 4.52. The standard InChI is InChI=1S/C15H13N3O/c1-10-6-8-18-13(9-10)17-11(2)14(18)15(19)12-5-3-4-7-16-12/h3-9H,1-2H3. The lowest BCUT2D eigenvalue weighted by Crippen LogP contribution is -2.08. The summed E-state index contributed by atoms with van der Waals surface area (Å²) in [5.74, 6) is -0.102. The van der Waals surface area contributed by atoms with Gasteiger partial charge < -0.3 is 0 Å². The molecule has 0 bridgehead atoms. The molecule has 3 heterocycles. The van der Waals surface area contributed by atoms with Crippen molar-refractivity contribution in [3.05, 3.63) is 65.4 Å². The van der Waals surface area contributed by atoms with E-state index in [0.717, 1.165) is 16.9 Å². The van der Waals surface area contributed by atoms with Gasteiger partial charge in [-0.1, -0.05) is 6.07 Å². The van der Waals surface area contributed by atoms with Gasteiger partial charge in [-0.05, 0) is 43.7 Å². The molecular formula is C15H13N3O. The Kier molecular flexibility index (Phi) is 2.63. The number of hydrogen-bond donors (Lipinski definition) is 0. The summed E-state index contributed by atoms with van der Waals surface area (Å²) in [5.41, 5.74) is 3.65. The van der Waals surface area contributed by atoms with Crippen LogP contribution in [0.5, 0.6) is 0 Å². The van der Waals surface area contributed by atoms with Crippen LogP contribution in [0, 0.1) is 13.8 Å². The Labute approximate surface area is 110 Å². The van der Waals surface area contributed by atoms with E-state index >= 15 is 0 Å². The molecule has 3 aromatic heterocycles. The Morgan fingerprint density at radius 2 is 2.05 bits per heavy atom. The second-order valence-electron chi connectivity index (χ2n) is 4.52. The molecule has 0 N–H and O–H groups in total. The zero-order valence-electron chi connectivity index (χ0n) is 10.8. The highest BCUT2D eigenvalue weighted by Gasteiger charge is 2.18. The molecule has 4 nitrogen and oxygen atoms in total. The van der Waals surface area contributed by atoms with E-state index in [1.165, 1.54) is 0 Å². The number of ketones is 1. The number of aryl methyl sites for hydroxylation is 2. The molecule has 0 aliphatic carbocycles. The van der Waals surface area contributed by atoms with E-state index in [-0.39, 0.29) is 5.78 Å². The Morgan fingerprint density at radius 1 is 1.21 bits per heavy atom. The molecule has 0 spiro atoms. The maximum absolute atomic E-state index is 12.5. The van der Waals surface area contributed by atoms with Gasteiger partial charge in [0.15, 0.2) is 0 Å². The largest absolute Gasteiger partial charge is 0.296 e. The third-order valence-electron chi connectivity index (χ3n) is 3.07. The van der Waals surface area contributed by atoms with Gasteiger partial charge in [0.1, 0.15) is 17.0 Å². The molecule has 0 aliphatic heterocycles. The number of carbonyl (C=O) groups excluding carboxylic acids is 1. The van der Waals surface area contributed by atoms with Gasteiger partial charge in [0.2, 0.25) is 5.78 Å². The summed E-state index contributed by atoms with van der Waals surface area (Å²) in [7, 11) is 0. The van der Waals surface area contributed by atoms with Crippen LogP contribution in [0.15, 0.2) is 42.7 Å². The van der Waals surface area contributed by atoms with Crippen molar-refractivity contribution in [3.63, 3.8) is 0 Å². The molecule has 0 saturated carbocycles. The third-order valence-corrected chi connectivity index (χ3v) is 3.07. The van der Waals surface area contributed by atoms with Crippen LogP contribution in [0.2, 0.25) is 0 Å². The fourth-order valence-corrected chi connectivity index (χ4v) is 2.16. The molecule has 0 amide bonds. The van der Waals surface area contributed by atoms with Gasteiger partial charge in [0.05, 0.1) is 5.69 Å². The molecule has 0 aliphatic rings. The van der Waals surface area contributed by atoms with Crippen molar-refractivity contribution < 1.29 is 4.79 Å². The first-order chi connectivity index (χ1) is 9.16. The number of aromatic nitrogens is 3. The number of carbonyl (C=O) groups is 1. The average molecular weight is 251 g/mol. The van der Waals surface area contributed by atoms with Crippen molar-refractivity contribution in [2.24, 2.45) is 0 Å². The van der Waals surface area contributed by atoms with Crippen LogP contribution in [0.1, 0.15) is 27.4 Å². The highest BCUT2D eigenvalue weighted by atomic mass is 16.1. The second kappa shape index (κ2) is 4.31.